The molecule has 1 aliphatic carbocycles. The first-order valence-corrected chi connectivity index (χ1v) is 11.0. The van der Waals surface area contributed by atoms with Crippen LogP contribution in [0.2, 0.25) is 0 Å². The van der Waals surface area contributed by atoms with E-state index in [1.54, 1.807) is 15.4 Å². The van der Waals surface area contributed by atoms with E-state index in [1.807, 2.05) is 37.5 Å². The summed E-state index contributed by atoms with van der Waals surface area (Å²) >= 11 is 0. The number of fused-ring (bicyclic) bond motifs is 1. The van der Waals surface area contributed by atoms with Gasteiger partial charge < -0.3 is 4.74 Å². The van der Waals surface area contributed by atoms with Gasteiger partial charge in [0.15, 0.2) is 17.3 Å². The van der Waals surface area contributed by atoms with Gasteiger partial charge in [-0.25, -0.2) is 4.98 Å². The zero-order valence-electron chi connectivity index (χ0n) is 18.2. The Kier molecular flexibility index (Phi) is 4.79. The summed E-state index contributed by atoms with van der Waals surface area (Å²) < 4.78 is 9.63. The zero-order valence-corrected chi connectivity index (χ0v) is 18.2. The summed E-state index contributed by atoms with van der Waals surface area (Å²) in [6.07, 6.45) is 8.62. The van der Waals surface area contributed by atoms with E-state index in [0.717, 1.165) is 40.9 Å². The third-order valence-electron chi connectivity index (χ3n) is 6.19. The van der Waals surface area contributed by atoms with E-state index in [0.29, 0.717) is 29.9 Å². The highest BCUT2D eigenvalue weighted by molar-refractivity contribution is 5.70. The molecule has 0 N–H and O–H groups in total. The minimum atomic E-state index is 0.294. The van der Waals surface area contributed by atoms with Crippen LogP contribution < -0.4 is 4.74 Å². The number of nitrogens with zero attached hydrogens (tertiary/aromatic N) is 8. The van der Waals surface area contributed by atoms with Gasteiger partial charge in [-0.15, -0.1) is 15.3 Å². The number of pyridine rings is 1. The summed E-state index contributed by atoms with van der Waals surface area (Å²) in [5, 5.41) is 17.8. The maximum absolute atomic E-state index is 6.16. The molecule has 0 radical (unpaired) electrons. The molecule has 9 nitrogen and oxygen atoms in total. The molecule has 4 heterocycles. The van der Waals surface area contributed by atoms with Crippen LogP contribution in [0.15, 0.2) is 61.2 Å². The van der Waals surface area contributed by atoms with Crippen LogP contribution in [0.1, 0.15) is 36.6 Å². The molecule has 0 bridgehead atoms. The summed E-state index contributed by atoms with van der Waals surface area (Å²) in [6, 6.07) is 14.2. The number of hydrogen-bond donors (Lipinski definition) is 0. The topological polar surface area (TPSA) is 95.9 Å². The van der Waals surface area contributed by atoms with E-state index < -0.39 is 0 Å². The average Bonchev–Trinajstić information content (AvgIpc) is 3.42. The van der Waals surface area contributed by atoms with Crippen molar-refractivity contribution in [2.45, 2.75) is 31.8 Å². The molecule has 1 saturated carbocycles. The van der Waals surface area contributed by atoms with Crippen molar-refractivity contribution in [3.8, 4) is 28.4 Å². The number of ether oxygens (including phenoxy) is 1. The summed E-state index contributed by atoms with van der Waals surface area (Å²) in [5.41, 5.74) is 4.82. The summed E-state index contributed by atoms with van der Waals surface area (Å²) in [7, 11) is 1.85. The fourth-order valence-electron chi connectivity index (χ4n) is 4.09. The lowest BCUT2D eigenvalue weighted by Crippen LogP contribution is -2.14. The molecule has 0 unspecified atom stereocenters. The van der Waals surface area contributed by atoms with Crippen LogP contribution in [0.5, 0.6) is 5.88 Å². The highest BCUT2D eigenvalue weighted by Gasteiger charge is 2.26. The van der Waals surface area contributed by atoms with Gasteiger partial charge in [-0.1, -0.05) is 30.7 Å². The van der Waals surface area contributed by atoms with Gasteiger partial charge in [0.1, 0.15) is 12.9 Å². The van der Waals surface area contributed by atoms with Crippen molar-refractivity contribution < 1.29 is 4.74 Å². The van der Waals surface area contributed by atoms with Crippen molar-refractivity contribution in [3.05, 3.63) is 72.6 Å². The highest BCUT2D eigenvalue weighted by atomic mass is 16.5. The minimum absolute atomic E-state index is 0.294. The van der Waals surface area contributed by atoms with Crippen molar-refractivity contribution in [1.29, 1.82) is 0 Å². The molecule has 0 saturated heterocycles. The number of hydrogen-bond acceptors (Lipinski definition) is 7. The Morgan fingerprint density at radius 1 is 1.03 bits per heavy atom. The SMILES string of the molecule is Cn1ncnc1COc1nn2c(-c3cccc(-c4cccnc4)c3)nnc2cc1C1CCC1. The molecule has 5 aromatic rings. The van der Waals surface area contributed by atoms with E-state index in [9.17, 15) is 0 Å². The zero-order chi connectivity index (χ0) is 22.2. The second-order valence-electron chi connectivity index (χ2n) is 8.24. The molecular weight excluding hydrogens is 416 g/mol. The van der Waals surface area contributed by atoms with Gasteiger partial charge in [-0.3, -0.25) is 9.67 Å². The maximum atomic E-state index is 6.16. The number of aryl methyl sites for hydroxylation is 1. The van der Waals surface area contributed by atoms with E-state index in [4.69, 9.17) is 9.84 Å². The summed E-state index contributed by atoms with van der Waals surface area (Å²) in [4.78, 5) is 8.49. The van der Waals surface area contributed by atoms with Gasteiger partial charge in [0.25, 0.3) is 0 Å². The van der Waals surface area contributed by atoms with Gasteiger partial charge >= 0.3 is 0 Å². The van der Waals surface area contributed by atoms with Crippen molar-refractivity contribution in [1.82, 2.24) is 39.6 Å². The summed E-state index contributed by atoms with van der Waals surface area (Å²) in [5.74, 6) is 2.44. The van der Waals surface area contributed by atoms with Crippen molar-refractivity contribution in [2.24, 2.45) is 7.05 Å². The smallest absolute Gasteiger partial charge is 0.235 e. The van der Waals surface area contributed by atoms with Crippen molar-refractivity contribution in [2.75, 3.05) is 0 Å². The van der Waals surface area contributed by atoms with E-state index in [1.165, 1.54) is 12.7 Å². The maximum Gasteiger partial charge on any atom is 0.235 e. The van der Waals surface area contributed by atoms with Crippen LogP contribution in [0, 0.1) is 0 Å². The van der Waals surface area contributed by atoms with Crippen LogP contribution >= 0.6 is 0 Å². The van der Waals surface area contributed by atoms with Gasteiger partial charge in [-0.05, 0) is 42.5 Å². The standard InChI is InChI=1S/C24H22N8O/c1-31-22(26-15-27-31)14-33-24-20(16-5-2-6-16)12-21-28-29-23(32(21)30-24)18-8-3-7-17(11-18)19-9-4-10-25-13-19/h3-4,7-13,15-16H,2,5-6,14H2,1H3. The molecule has 0 amide bonds. The normalized spacial score (nSPS) is 13.8. The lowest BCUT2D eigenvalue weighted by atomic mass is 9.80. The molecule has 0 spiro atoms. The number of benzene rings is 1. The molecule has 33 heavy (non-hydrogen) atoms. The Labute approximate surface area is 190 Å². The molecule has 164 valence electrons. The van der Waals surface area contributed by atoms with Crippen LogP contribution in [0.4, 0.5) is 0 Å². The van der Waals surface area contributed by atoms with E-state index >= 15 is 0 Å². The number of aromatic nitrogens is 8. The number of rotatable bonds is 6. The lowest BCUT2D eigenvalue weighted by molar-refractivity contribution is 0.264. The molecule has 1 aliphatic rings. The average molecular weight is 438 g/mol. The largest absolute Gasteiger partial charge is 0.468 e. The molecule has 0 atom stereocenters. The van der Waals surface area contributed by atoms with Crippen LogP contribution in [0.25, 0.3) is 28.2 Å². The van der Waals surface area contributed by atoms with Gasteiger partial charge in [0.2, 0.25) is 5.88 Å². The Morgan fingerprint density at radius 3 is 2.67 bits per heavy atom. The van der Waals surface area contributed by atoms with Gasteiger partial charge in [0.05, 0.1) is 0 Å². The fourth-order valence-corrected chi connectivity index (χ4v) is 4.09. The minimum Gasteiger partial charge on any atom is -0.468 e. The second kappa shape index (κ2) is 8.09. The Morgan fingerprint density at radius 2 is 1.91 bits per heavy atom. The summed E-state index contributed by atoms with van der Waals surface area (Å²) in [6.45, 7) is 0.294. The van der Waals surface area contributed by atoms with E-state index in [2.05, 4.69) is 43.5 Å². The van der Waals surface area contributed by atoms with Crippen molar-refractivity contribution >= 4 is 5.65 Å². The first-order valence-electron chi connectivity index (χ1n) is 11.0. The first kappa shape index (κ1) is 19.5. The van der Waals surface area contributed by atoms with Gasteiger partial charge in [-0.2, -0.15) is 9.61 Å². The third kappa shape index (κ3) is 3.61. The predicted molar refractivity (Wildman–Crippen MR) is 121 cm³/mol. The first-order chi connectivity index (χ1) is 16.3. The van der Waals surface area contributed by atoms with Gasteiger partial charge in [0, 0.05) is 36.1 Å². The van der Waals surface area contributed by atoms with Crippen LogP contribution in [-0.2, 0) is 13.7 Å². The molecule has 4 aromatic heterocycles. The lowest BCUT2D eigenvalue weighted by Gasteiger charge is -2.26. The molecule has 1 aromatic carbocycles. The van der Waals surface area contributed by atoms with Crippen LogP contribution in [0.3, 0.4) is 0 Å². The predicted octanol–water partition coefficient (Wildman–Crippen LogP) is 3.83. The molecular formula is C24H22N8O. The fraction of sp³-hybridized carbons (Fsp3) is 0.250. The highest BCUT2D eigenvalue weighted by Crippen LogP contribution is 2.40. The monoisotopic (exact) mass is 438 g/mol. The molecule has 0 aliphatic heterocycles. The van der Waals surface area contributed by atoms with Crippen LogP contribution in [-0.4, -0.2) is 39.6 Å². The molecule has 6 rings (SSSR count). The quantitative estimate of drug-likeness (QED) is 0.397. The third-order valence-corrected chi connectivity index (χ3v) is 6.19. The Hall–Kier alpha value is -4.14. The Bertz CT molecular complexity index is 1420. The molecule has 9 heteroatoms. The van der Waals surface area contributed by atoms with E-state index in [-0.39, 0.29) is 0 Å². The second-order valence-corrected chi connectivity index (χ2v) is 8.24. The van der Waals surface area contributed by atoms with Crippen molar-refractivity contribution in [3.63, 3.8) is 0 Å². The Balaban J connectivity index is 1.41. The molecule has 1 fully saturated rings.